The second kappa shape index (κ2) is 7.46. The number of halogens is 3. The van der Waals surface area contributed by atoms with Crippen LogP contribution in [0.2, 0.25) is 0 Å². The van der Waals surface area contributed by atoms with E-state index in [2.05, 4.69) is 15.1 Å². The lowest BCUT2D eigenvalue weighted by Gasteiger charge is -2.37. The van der Waals surface area contributed by atoms with Gasteiger partial charge < -0.3 is 9.64 Å². The molecule has 3 heterocycles. The molecule has 4 rings (SSSR count). The standard InChI is InChI=1S/C19H21F3N4O2/c20-19(21,22)13-3-1-5-16(9-13)28-12-14-10-17(24-23-14)18(27)26-8-7-25-6-2-4-15(25)11-26/h1,3,5,9-10,15H,2,4,6-8,11-12H2,(H,23,24)/t15-/m0/s1. The fourth-order valence-electron chi connectivity index (χ4n) is 3.81. The van der Waals surface area contributed by atoms with Gasteiger partial charge in [0, 0.05) is 25.7 Å². The lowest BCUT2D eigenvalue weighted by Crippen LogP contribution is -2.52. The van der Waals surface area contributed by atoms with E-state index in [1.807, 2.05) is 4.90 Å². The first-order valence-corrected chi connectivity index (χ1v) is 9.28. The maximum atomic E-state index is 12.8. The molecule has 2 aliphatic rings. The number of hydrogen-bond donors (Lipinski definition) is 1. The Balaban J connectivity index is 1.36. The van der Waals surface area contributed by atoms with Crippen molar-refractivity contribution in [3.05, 3.63) is 47.3 Å². The van der Waals surface area contributed by atoms with Crippen LogP contribution in [0.4, 0.5) is 13.2 Å². The van der Waals surface area contributed by atoms with Crippen LogP contribution in [-0.4, -0.2) is 58.1 Å². The number of alkyl halides is 3. The molecular weight excluding hydrogens is 373 g/mol. The molecule has 1 aromatic heterocycles. The molecule has 2 aromatic rings. The normalized spacial score (nSPS) is 20.2. The molecule has 9 heteroatoms. The van der Waals surface area contributed by atoms with Crippen LogP contribution in [0.3, 0.4) is 0 Å². The summed E-state index contributed by atoms with van der Waals surface area (Å²) in [5.74, 6) is -0.0252. The number of aromatic nitrogens is 2. The second-order valence-electron chi connectivity index (χ2n) is 7.18. The summed E-state index contributed by atoms with van der Waals surface area (Å²) in [6.45, 7) is 3.37. The number of piperazine rings is 1. The van der Waals surface area contributed by atoms with Gasteiger partial charge in [-0.25, -0.2) is 0 Å². The predicted molar refractivity (Wildman–Crippen MR) is 94.9 cm³/mol. The summed E-state index contributed by atoms with van der Waals surface area (Å²) in [5.41, 5.74) is 0.0610. The largest absolute Gasteiger partial charge is 0.487 e. The minimum Gasteiger partial charge on any atom is -0.487 e. The lowest BCUT2D eigenvalue weighted by molar-refractivity contribution is -0.137. The number of hydrogen-bond acceptors (Lipinski definition) is 4. The Hall–Kier alpha value is -2.55. The van der Waals surface area contributed by atoms with E-state index in [0.29, 0.717) is 30.5 Å². The molecule has 1 aromatic carbocycles. The monoisotopic (exact) mass is 394 g/mol. The van der Waals surface area contributed by atoms with Crippen LogP contribution >= 0.6 is 0 Å². The van der Waals surface area contributed by atoms with E-state index in [9.17, 15) is 18.0 Å². The van der Waals surface area contributed by atoms with Crippen molar-refractivity contribution in [1.82, 2.24) is 20.0 Å². The molecule has 150 valence electrons. The van der Waals surface area contributed by atoms with E-state index in [1.54, 1.807) is 6.07 Å². The molecule has 6 nitrogen and oxygen atoms in total. The van der Waals surface area contributed by atoms with E-state index in [0.717, 1.165) is 31.6 Å². The summed E-state index contributed by atoms with van der Waals surface area (Å²) < 4.78 is 43.7. The van der Waals surface area contributed by atoms with Crippen molar-refractivity contribution in [1.29, 1.82) is 0 Å². The number of H-pyrrole nitrogens is 1. The van der Waals surface area contributed by atoms with Crippen LogP contribution in [0, 0.1) is 0 Å². The van der Waals surface area contributed by atoms with Gasteiger partial charge in [-0.3, -0.25) is 14.8 Å². The third-order valence-electron chi connectivity index (χ3n) is 5.28. The lowest BCUT2D eigenvalue weighted by atomic mass is 10.1. The quantitative estimate of drug-likeness (QED) is 0.866. The Morgan fingerprint density at radius 1 is 1.25 bits per heavy atom. The fraction of sp³-hybridized carbons (Fsp3) is 0.474. The van der Waals surface area contributed by atoms with Crippen molar-refractivity contribution in [2.45, 2.75) is 31.7 Å². The number of nitrogens with zero attached hydrogens (tertiary/aromatic N) is 3. The zero-order valence-corrected chi connectivity index (χ0v) is 15.2. The highest BCUT2D eigenvalue weighted by Crippen LogP contribution is 2.31. The third kappa shape index (κ3) is 3.99. The zero-order chi connectivity index (χ0) is 19.7. The van der Waals surface area contributed by atoms with Crippen molar-refractivity contribution >= 4 is 5.91 Å². The van der Waals surface area contributed by atoms with Crippen LogP contribution < -0.4 is 4.74 Å². The average Bonchev–Trinajstić information content (AvgIpc) is 3.34. The molecule has 0 unspecified atom stereocenters. The highest BCUT2D eigenvalue weighted by atomic mass is 19.4. The highest BCUT2D eigenvalue weighted by Gasteiger charge is 2.33. The molecule has 1 amide bonds. The molecule has 0 spiro atoms. The second-order valence-corrected chi connectivity index (χ2v) is 7.18. The highest BCUT2D eigenvalue weighted by molar-refractivity contribution is 5.92. The van der Waals surface area contributed by atoms with Crippen LogP contribution in [0.15, 0.2) is 30.3 Å². The van der Waals surface area contributed by atoms with E-state index in [4.69, 9.17) is 4.74 Å². The predicted octanol–water partition coefficient (Wildman–Crippen LogP) is 2.93. The molecular formula is C19H21F3N4O2. The summed E-state index contributed by atoms with van der Waals surface area (Å²) in [7, 11) is 0. The number of amides is 1. The van der Waals surface area contributed by atoms with Crippen molar-refractivity contribution in [3.8, 4) is 5.75 Å². The minimum atomic E-state index is -4.42. The SMILES string of the molecule is O=C(c1cc(COc2cccc(C(F)(F)F)c2)[nH]n1)N1CCN2CCC[C@H]2C1. The molecule has 0 aliphatic carbocycles. The Bertz CT molecular complexity index is 852. The molecule has 1 N–H and O–H groups in total. The number of benzene rings is 1. The molecule has 1 atom stereocenters. The Labute approximate surface area is 160 Å². The molecule has 28 heavy (non-hydrogen) atoms. The number of nitrogens with one attached hydrogen (secondary N) is 1. The van der Waals surface area contributed by atoms with Gasteiger partial charge >= 0.3 is 6.18 Å². The van der Waals surface area contributed by atoms with E-state index in [-0.39, 0.29) is 18.3 Å². The summed E-state index contributed by atoms with van der Waals surface area (Å²) in [6, 6.07) is 6.71. The first kappa shape index (κ1) is 18.8. The number of carbonyl (C=O) groups excluding carboxylic acids is 1. The molecule has 0 bridgehead atoms. The van der Waals surface area contributed by atoms with Gasteiger partial charge in [-0.05, 0) is 43.7 Å². The van der Waals surface area contributed by atoms with E-state index >= 15 is 0 Å². The average molecular weight is 394 g/mol. The first-order chi connectivity index (χ1) is 13.4. The van der Waals surface area contributed by atoms with E-state index < -0.39 is 11.7 Å². The van der Waals surface area contributed by atoms with Crippen molar-refractivity contribution in [3.63, 3.8) is 0 Å². The topological polar surface area (TPSA) is 61.5 Å². The van der Waals surface area contributed by atoms with E-state index in [1.165, 1.54) is 18.6 Å². The Morgan fingerprint density at radius 3 is 2.93 bits per heavy atom. The van der Waals surface area contributed by atoms with Crippen LogP contribution in [0.1, 0.15) is 34.6 Å². The minimum absolute atomic E-state index is 0.00199. The molecule has 2 fully saturated rings. The fourth-order valence-corrected chi connectivity index (χ4v) is 3.81. The number of fused-ring (bicyclic) bond motifs is 1. The van der Waals surface area contributed by atoms with Gasteiger partial charge in [-0.15, -0.1) is 0 Å². The number of ether oxygens (including phenoxy) is 1. The van der Waals surface area contributed by atoms with Gasteiger partial charge in [0.05, 0.1) is 11.3 Å². The van der Waals surface area contributed by atoms with Crippen LogP contribution in [0.25, 0.3) is 0 Å². The van der Waals surface area contributed by atoms with Crippen LogP contribution in [-0.2, 0) is 12.8 Å². The van der Waals surface area contributed by atoms with Gasteiger partial charge in [0.2, 0.25) is 0 Å². The molecule has 2 saturated heterocycles. The van der Waals surface area contributed by atoms with Crippen LogP contribution in [0.5, 0.6) is 5.75 Å². The maximum Gasteiger partial charge on any atom is 0.416 e. The summed E-state index contributed by atoms with van der Waals surface area (Å²) in [6.07, 6.45) is -2.14. The number of carbonyl (C=O) groups is 1. The van der Waals surface area contributed by atoms with Gasteiger partial charge in [-0.1, -0.05) is 6.07 Å². The first-order valence-electron chi connectivity index (χ1n) is 9.28. The van der Waals surface area contributed by atoms with Gasteiger partial charge in [0.1, 0.15) is 12.4 Å². The van der Waals surface area contributed by atoms with Crippen molar-refractivity contribution in [2.24, 2.45) is 0 Å². The number of rotatable bonds is 4. The summed E-state index contributed by atoms with van der Waals surface area (Å²) in [4.78, 5) is 16.9. The summed E-state index contributed by atoms with van der Waals surface area (Å²) >= 11 is 0. The zero-order valence-electron chi connectivity index (χ0n) is 15.2. The molecule has 0 saturated carbocycles. The van der Waals surface area contributed by atoms with Crippen molar-refractivity contribution in [2.75, 3.05) is 26.2 Å². The van der Waals surface area contributed by atoms with Gasteiger partial charge in [0.25, 0.3) is 5.91 Å². The molecule has 2 aliphatic heterocycles. The summed E-state index contributed by atoms with van der Waals surface area (Å²) in [5, 5.41) is 6.79. The van der Waals surface area contributed by atoms with Gasteiger partial charge in [-0.2, -0.15) is 18.3 Å². The number of aromatic amines is 1. The maximum absolute atomic E-state index is 12.8. The third-order valence-corrected chi connectivity index (χ3v) is 5.28. The Morgan fingerprint density at radius 2 is 2.11 bits per heavy atom. The Kier molecular flexibility index (Phi) is 5.01. The molecule has 0 radical (unpaired) electrons. The smallest absolute Gasteiger partial charge is 0.416 e. The van der Waals surface area contributed by atoms with Gasteiger partial charge in [0.15, 0.2) is 5.69 Å². The van der Waals surface area contributed by atoms with Crippen molar-refractivity contribution < 1.29 is 22.7 Å².